The van der Waals surface area contributed by atoms with Gasteiger partial charge in [0.15, 0.2) is 5.78 Å². The molecule has 0 spiro atoms. The Morgan fingerprint density at radius 3 is 2.45 bits per heavy atom. The van der Waals surface area contributed by atoms with E-state index in [2.05, 4.69) is 6.58 Å². The van der Waals surface area contributed by atoms with Crippen LogP contribution < -0.4 is 0 Å². The normalized spacial score (nSPS) is 40.3. The number of Topliss-reactive ketones (excluding diaryl/α,β-unsaturated/α-hetero) is 1. The molecule has 0 aromatic rings. The maximum absolute atomic E-state index is 13.7. The van der Waals surface area contributed by atoms with Crippen molar-refractivity contribution in [2.24, 2.45) is 29.1 Å². The van der Waals surface area contributed by atoms with Crippen molar-refractivity contribution in [2.75, 3.05) is 0 Å². The topological polar surface area (TPSA) is 110 Å². The molecule has 0 unspecified atom stereocenters. The predicted molar refractivity (Wildman–Crippen MR) is 122 cm³/mol. The molecule has 0 aromatic heterocycles. The first kappa shape index (κ1) is 25.5. The van der Waals surface area contributed by atoms with Crippen molar-refractivity contribution in [1.29, 1.82) is 0 Å². The molecule has 0 aliphatic heterocycles. The second-order valence-corrected chi connectivity index (χ2v) is 10.8. The van der Waals surface area contributed by atoms with Gasteiger partial charge in [0, 0.05) is 24.8 Å². The summed E-state index contributed by atoms with van der Waals surface area (Å²) >= 11 is 0. The van der Waals surface area contributed by atoms with Gasteiger partial charge in [-0.1, -0.05) is 34.3 Å². The van der Waals surface area contributed by atoms with E-state index in [-0.39, 0.29) is 47.3 Å². The highest BCUT2D eigenvalue weighted by Crippen LogP contribution is 2.64. The zero-order valence-electron chi connectivity index (χ0n) is 20.6. The van der Waals surface area contributed by atoms with Crippen molar-refractivity contribution in [3.63, 3.8) is 0 Å². The average Bonchev–Trinajstić information content (AvgIpc) is 3.17. The Balaban J connectivity index is 2.14. The molecule has 2 fully saturated rings. The Bertz CT molecular complexity index is 885. The molecule has 184 valence electrons. The Morgan fingerprint density at radius 2 is 1.88 bits per heavy atom. The maximum Gasteiger partial charge on any atom is 0.306 e. The van der Waals surface area contributed by atoms with E-state index >= 15 is 0 Å². The van der Waals surface area contributed by atoms with Gasteiger partial charge in [0.1, 0.15) is 23.6 Å². The molecule has 2 saturated carbocycles. The van der Waals surface area contributed by atoms with Gasteiger partial charge in [0.25, 0.3) is 0 Å². The summed E-state index contributed by atoms with van der Waals surface area (Å²) in [5.74, 6) is -3.01. The summed E-state index contributed by atoms with van der Waals surface area (Å²) in [6.07, 6.45) is 0.200. The Labute approximate surface area is 196 Å². The van der Waals surface area contributed by atoms with Gasteiger partial charge >= 0.3 is 11.9 Å². The third-order valence-electron chi connectivity index (χ3n) is 8.08. The smallest absolute Gasteiger partial charge is 0.306 e. The number of aliphatic hydroxyl groups excluding tert-OH is 1. The van der Waals surface area contributed by atoms with Crippen LogP contribution in [0.15, 0.2) is 23.5 Å². The lowest BCUT2D eigenvalue weighted by Crippen LogP contribution is -2.52. The van der Waals surface area contributed by atoms with Crippen LogP contribution >= 0.6 is 0 Å². The summed E-state index contributed by atoms with van der Waals surface area (Å²) < 4.78 is 11.4. The van der Waals surface area contributed by atoms with E-state index in [4.69, 9.17) is 9.47 Å². The molecule has 7 atom stereocenters. The molecule has 3 aliphatic carbocycles. The first-order valence-electron chi connectivity index (χ1n) is 12.0. The van der Waals surface area contributed by atoms with E-state index in [9.17, 15) is 24.6 Å². The van der Waals surface area contributed by atoms with Crippen LogP contribution in [-0.2, 0) is 23.9 Å². The van der Waals surface area contributed by atoms with E-state index in [1.54, 1.807) is 6.92 Å². The number of hydrogen-bond acceptors (Lipinski definition) is 7. The summed E-state index contributed by atoms with van der Waals surface area (Å²) in [6.45, 7) is 14.7. The predicted octanol–water partition coefficient (Wildman–Crippen LogP) is 4.04. The summed E-state index contributed by atoms with van der Waals surface area (Å²) in [5.41, 5.74) is -1.47. The summed E-state index contributed by atoms with van der Waals surface area (Å²) in [6, 6.07) is 0. The van der Waals surface area contributed by atoms with Gasteiger partial charge in [-0.15, -0.1) is 0 Å². The Kier molecular flexibility index (Phi) is 6.87. The first-order valence-corrected chi connectivity index (χ1v) is 12.0. The summed E-state index contributed by atoms with van der Waals surface area (Å²) in [7, 11) is 0. The van der Waals surface area contributed by atoms with Gasteiger partial charge in [-0.3, -0.25) is 14.4 Å². The molecule has 0 amide bonds. The zero-order chi connectivity index (χ0) is 24.9. The minimum atomic E-state index is -1.98. The molecule has 7 heteroatoms. The Hall–Kier alpha value is -2.15. The second kappa shape index (κ2) is 8.90. The number of ketones is 1. The molecule has 0 aromatic carbocycles. The van der Waals surface area contributed by atoms with Crippen LogP contribution in [0.1, 0.15) is 73.6 Å². The quantitative estimate of drug-likeness (QED) is 0.479. The Morgan fingerprint density at radius 1 is 1.24 bits per heavy atom. The van der Waals surface area contributed by atoms with Crippen molar-refractivity contribution in [3.8, 4) is 0 Å². The van der Waals surface area contributed by atoms with Crippen molar-refractivity contribution in [3.05, 3.63) is 23.5 Å². The average molecular weight is 463 g/mol. The lowest BCUT2D eigenvalue weighted by molar-refractivity contribution is -0.170. The number of hydrogen-bond donors (Lipinski definition) is 2. The van der Waals surface area contributed by atoms with Gasteiger partial charge in [-0.2, -0.15) is 0 Å². The highest BCUT2D eigenvalue weighted by molar-refractivity contribution is 6.02. The van der Waals surface area contributed by atoms with Crippen LogP contribution in [0.2, 0.25) is 0 Å². The molecule has 0 heterocycles. The number of esters is 2. The van der Waals surface area contributed by atoms with Gasteiger partial charge in [-0.25, -0.2) is 0 Å². The third-order valence-corrected chi connectivity index (χ3v) is 8.08. The lowest BCUT2D eigenvalue weighted by atomic mass is 9.77. The number of ether oxygens (including phenoxy) is 2. The number of carbonyl (C=O) groups is 3. The number of rotatable bonds is 4. The number of aliphatic hydroxyl groups is 2. The maximum atomic E-state index is 13.7. The number of carbonyl (C=O) groups excluding carboxylic acids is 3. The molecule has 0 saturated heterocycles. The van der Waals surface area contributed by atoms with E-state index in [1.165, 1.54) is 13.8 Å². The summed E-state index contributed by atoms with van der Waals surface area (Å²) in [4.78, 5) is 38.2. The fourth-order valence-electron chi connectivity index (χ4n) is 6.21. The highest BCUT2D eigenvalue weighted by Gasteiger charge is 2.64. The van der Waals surface area contributed by atoms with Gasteiger partial charge in [0.2, 0.25) is 0 Å². The van der Waals surface area contributed by atoms with Crippen LogP contribution in [0.3, 0.4) is 0 Å². The van der Waals surface area contributed by atoms with E-state index in [0.29, 0.717) is 24.8 Å². The van der Waals surface area contributed by atoms with Crippen LogP contribution in [0, 0.1) is 29.1 Å². The SMILES string of the molecule is C=C1CC[C@H]2[C@@H](/C(O)=C(\C)C(=O)[C@@]3(O)C[C@H](C)[C@H](OC(=O)CCC)[C@@H]3[C@H]1OC(C)=O)C2(C)C. The number of fused-ring (bicyclic) bond motifs is 2. The number of allylic oxidation sites excluding steroid dienone is 1. The van der Waals surface area contributed by atoms with Crippen molar-refractivity contribution in [2.45, 2.75) is 91.5 Å². The van der Waals surface area contributed by atoms with E-state index in [1.807, 2.05) is 20.8 Å². The molecular formula is C26H38O7. The first-order chi connectivity index (χ1) is 15.3. The molecule has 7 nitrogen and oxygen atoms in total. The van der Waals surface area contributed by atoms with Gasteiger partial charge < -0.3 is 19.7 Å². The summed E-state index contributed by atoms with van der Waals surface area (Å²) in [5, 5.41) is 22.9. The lowest BCUT2D eigenvalue weighted by Gasteiger charge is -2.37. The third kappa shape index (κ3) is 4.36. The van der Waals surface area contributed by atoms with Crippen LogP contribution in [0.4, 0.5) is 0 Å². The largest absolute Gasteiger partial charge is 0.512 e. The molecule has 2 N–H and O–H groups in total. The van der Waals surface area contributed by atoms with Crippen LogP contribution in [0.25, 0.3) is 0 Å². The molecular weight excluding hydrogens is 424 g/mol. The molecule has 0 radical (unpaired) electrons. The molecule has 0 bridgehead atoms. The van der Waals surface area contributed by atoms with E-state index < -0.39 is 41.4 Å². The monoisotopic (exact) mass is 462 g/mol. The standard InChI is InChI=1S/C26H38O7/c1-8-9-18(28)33-23-14(3)12-26(31)20(23)22(32-16(5)27)13(2)10-11-17-19(25(17,6)7)21(29)15(4)24(26)30/h14,17,19-20,22-23,29,31H,2,8-12H2,1,3-7H3/b21-15-/t14-,17-,19-,20-,22-,23-,26+/m0/s1. The molecule has 3 aliphatic rings. The fraction of sp³-hybridized carbons (Fsp3) is 0.731. The van der Waals surface area contributed by atoms with Crippen LogP contribution in [-0.4, -0.2) is 45.7 Å². The molecule has 3 rings (SSSR count). The van der Waals surface area contributed by atoms with Gasteiger partial charge in [0.05, 0.1) is 5.92 Å². The fourth-order valence-corrected chi connectivity index (χ4v) is 6.21. The minimum absolute atomic E-state index is 0.0119. The second-order valence-electron chi connectivity index (χ2n) is 10.8. The van der Waals surface area contributed by atoms with E-state index in [0.717, 1.165) is 0 Å². The van der Waals surface area contributed by atoms with Crippen molar-refractivity contribution < 1.29 is 34.1 Å². The van der Waals surface area contributed by atoms with Crippen molar-refractivity contribution >= 4 is 17.7 Å². The zero-order valence-corrected chi connectivity index (χ0v) is 20.6. The van der Waals surface area contributed by atoms with Gasteiger partial charge in [-0.05, 0) is 55.4 Å². The van der Waals surface area contributed by atoms with Crippen molar-refractivity contribution in [1.82, 2.24) is 0 Å². The minimum Gasteiger partial charge on any atom is -0.512 e. The molecule has 33 heavy (non-hydrogen) atoms. The highest BCUT2D eigenvalue weighted by atomic mass is 16.6. The van der Waals surface area contributed by atoms with Crippen LogP contribution in [0.5, 0.6) is 0 Å².